The number of hydrogen-bond acceptors (Lipinski definition) is 4. The molecule has 8 nitrogen and oxygen atoms in total. The summed E-state index contributed by atoms with van der Waals surface area (Å²) >= 11 is 0. The van der Waals surface area contributed by atoms with E-state index in [0.29, 0.717) is 19.0 Å². The minimum absolute atomic E-state index is 0.296. The van der Waals surface area contributed by atoms with E-state index in [4.69, 9.17) is 4.99 Å². The van der Waals surface area contributed by atoms with Gasteiger partial charge in [-0.3, -0.25) is 14.4 Å². The standard InChI is InChI=1S/C23H41N7O/c1-5-20-19(21(6-2)27(4)26-20)17-25-23(24-7-3)30-15-13-28(14-16-30)18-22(31)29-11-9-8-10-12-29/h5-18H2,1-4H3,(H,24,25). The molecule has 0 bridgehead atoms. The smallest absolute Gasteiger partial charge is 0.236 e. The van der Waals surface area contributed by atoms with Gasteiger partial charge in [0.15, 0.2) is 5.96 Å². The Labute approximate surface area is 187 Å². The lowest BCUT2D eigenvalue weighted by molar-refractivity contribution is -0.133. The lowest BCUT2D eigenvalue weighted by atomic mass is 10.1. The molecule has 0 radical (unpaired) electrons. The quantitative estimate of drug-likeness (QED) is 0.525. The number of carbonyl (C=O) groups is 1. The maximum atomic E-state index is 12.6. The fourth-order valence-electron chi connectivity index (χ4n) is 4.70. The summed E-state index contributed by atoms with van der Waals surface area (Å²) in [6.45, 7) is 14.0. The molecule has 174 valence electrons. The SMILES string of the molecule is CCNC(=NCc1c(CC)nn(C)c1CC)N1CCN(CC(=O)N2CCCCC2)CC1. The summed E-state index contributed by atoms with van der Waals surface area (Å²) in [5.41, 5.74) is 3.70. The Kier molecular flexibility index (Phi) is 8.75. The normalized spacial score (nSPS) is 18.5. The van der Waals surface area contributed by atoms with Crippen LogP contribution in [0.1, 0.15) is 57.0 Å². The van der Waals surface area contributed by atoms with Gasteiger partial charge in [0.2, 0.25) is 5.91 Å². The molecule has 8 heteroatoms. The Bertz CT molecular complexity index is 743. The lowest BCUT2D eigenvalue weighted by Gasteiger charge is -2.37. The Morgan fingerprint density at radius 1 is 0.968 bits per heavy atom. The zero-order valence-corrected chi connectivity index (χ0v) is 20.0. The van der Waals surface area contributed by atoms with Crippen LogP contribution in [0.5, 0.6) is 0 Å². The molecule has 3 heterocycles. The van der Waals surface area contributed by atoms with Gasteiger partial charge in [-0.1, -0.05) is 13.8 Å². The first-order valence-electron chi connectivity index (χ1n) is 12.1. The second kappa shape index (κ2) is 11.5. The first-order chi connectivity index (χ1) is 15.1. The average Bonchev–Trinajstić information content (AvgIpc) is 3.12. The monoisotopic (exact) mass is 431 g/mol. The molecule has 0 aliphatic carbocycles. The van der Waals surface area contributed by atoms with E-state index in [-0.39, 0.29) is 0 Å². The summed E-state index contributed by atoms with van der Waals surface area (Å²) in [5.74, 6) is 1.27. The predicted molar refractivity (Wildman–Crippen MR) is 125 cm³/mol. The van der Waals surface area contributed by atoms with Crippen molar-refractivity contribution in [2.24, 2.45) is 12.0 Å². The molecular weight excluding hydrogens is 390 g/mol. The third-order valence-corrected chi connectivity index (χ3v) is 6.49. The molecule has 31 heavy (non-hydrogen) atoms. The van der Waals surface area contributed by atoms with Crippen molar-refractivity contribution in [3.8, 4) is 0 Å². The maximum absolute atomic E-state index is 12.6. The third kappa shape index (κ3) is 5.99. The first-order valence-corrected chi connectivity index (χ1v) is 12.1. The fraction of sp³-hybridized carbons (Fsp3) is 0.783. The van der Waals surface area contributed by atoms with Gasteiger partial charge in [0.25, 0.3) is 0 Å². The molecule has 1 N–H and O–H groups in total. The van der Waals surface area contributed by atoms with Crippen molar-refractivity contribution in [1.29, 1.82) is 0 Å². The Morgan fingerprint density at radius 2 is 1.68 bits per heavy atom. The number of piperazine rings is 1. The van der Waals surface area contributed by atoms with Gasteiger partial charge in [-0.15, -0.1) is 0 Å². The van der Waals surface area contributed by atoms with E-state index in [0.717, 1.165) is 83.2 Å². The van der Waals surface area contributed by atoms with Gasteiger partial charge < -0.3 is 15.1 Å². The van der Waals surface area contributed by atoms with Crippen LogP contribution in [0.15, 0.2) is 4.99 Å². The van der Waals surface area contributed by atoms with E-state index in [1.165, 1.54) is 17.7 Å². The highest BCUT2D eigenvalue weighted by molar-refractivity contribution is 5.80. The third-order valence-electron chi connectivity index (χ3n) is 6.49. The van der Waals surface area contributed by atoms with Crippen LogP contribution in [0.25, 0.3) is 0 Å². The van der Waals surface area contributed by atoms with Crippen LogP contribution in [0.3, 0.4) is 0 Å². The van der Waals surface area contributed by atoms with Gasteiger partial charge in [0.1, 0.15) is 0 Å². The van der Waals surface area contributed by atoms with E-state index in [2.05, 4.69) is 41.0 Å². The van der Waals surface area contributed by atoms with Gasteiger partial charge in [-0.2, -0.15) is 5.10 Å². The molecule has 0 atom stereocenters. The summed E-state index contributed by atoms with van der Waals surface area (Å²) in [6, 6.07) is 0. The number of aromatic nitrogens is 2. The molecule has 0 saturated carbocycles. The molecule has 2 aliphatic rings. The van der Waals surface area contributed by atoms with Crippen molar-refractivity contribution < 1.29 is 4.79 Å². The van der Waals surface area contributed by atoms with Gasteiger partial charge in [0.05, 0.1) is 18.8 Å². The van der Waals surface area contributed by atoms with E-state index >= 15 is 0 Å². The molecule has 1 aromatic rings. The summed E-state index contributed by atoms with van der Waals surface area (Å²) in [4.78, 5) is 24.2. The van der Waals surface area contributed by atoms with E-state index in [1.807, 2.05) is 16.6 Å². The van der Waals surface area contributed by atoms with Gasteiger partial charge in [-0.25, -0.2) is 4.99 Å². The maximum Gasteiger partial charge on any atom is 0.236 e. The molecule has 0 spiro atoms. The molecule has 1 amide bonds. The molecule has 2 aliphatic heterocycles. The zero-order chi connectivity index (χ0) is 22.2. The number of hydrogen-bond donors (Lipinski definition) is 1. The molecule has 3 rings (SSSR count). The topological polar surface area (TPSA) is 69.0 Å². The Morgan fingerprint density at radius 3 is 2.29 bits per heavy atom. The van der Waals surface area contributed by atoms with Gasteiger partial charge in [0, 0.05) is 64.1 Å². The number of aryl methyl sites for hydroxylation is 2. The molecule has 2 saturated heterocycles. The highest BCUT2D eigenvalue weighted by Crippen LogP contribution is 2.17. The van der Waals surface area contributed by atoms with Crippen molar-refractivity contribution >= 4 is 11.9 Å². The van der Waals surface area contributed by atoms with Crippen molar-refractivity contribution in [2.45, 2.75) is 59.4 Å². The van der Waals surface area contributed by atoms with Crippen molar-refractivity contribution in [2.75, 3.05) is 52.4 Å². The number of rotatable bonds is 7. The highest BCUT2D eigenvalue weighted by Gasteiger charge is 2.24. The highest BCUT2D eigenvalue weighted by atomic mass is 16.2. The van der Waals surface area contributed by atoms with E-state index in [9.17, 15) is 4.79 Å². The molecular formula is C23H41N7O. The number of piperidine rings is 1. The number of likely N-dealkylation sites (tertiary alicyclic amines) is 1. The number of carbonyl (C=O) groups excluding carboxylic acids is 1. The van der Waals surface area contributed by atoms with Crippen molar-refractivity contribution in [3.05, 3.63) is 17.0 Å². The van der Waals surface area contributed by atoms with Crippen molar-refractivity contribution in [1.82, 2.24) is 29.8 Å². The van der Waals surface area contributed by atoms with E-state index < -0.39 is 0 Å². The number of guanidine groups is 1. The molecule has 2 fully saturated rings. The van der Waals surface area contributed by atoms with Gasteiger partial charge in [-0.05, 0) is 39.0 Å². The average molecular weight is 432 g/mol. The van der Waals surface area contributed by atoms with Crippen LogP contribution in [0.4, 0.5) is 0 Å². The number of amides is 1. The number of aliphatic imine (C=N–C) groups is 1. The summed E-state index contributed by atoms with van der Waals surface area (Å²) in [7, 11) is 2.03. The van der Waals surface area contributed by atoms with Crippen LogP contribution in [-0.2, 0) is 31.2 Å². The Hall–Kier alpha value is -2.09. The largest absolute Gasteiger partial charge is 0.357 e. The van der Waals surface area contributed by atoms with Crippen molar-refractivity contribution in [3.63, 3.8) is 0 Å². The second-order valence-electron chi connectivity index (χ2n) is 8.58. The molecule has 0 unspecified atom stereocenters. The van der Waals surface area contributed by atoms with E-state index in [1.54, 1.807) is 0 Å². The molecule has 1 aromatic heterocycles. The lowest BCUT2D eigenvalue weighted by Crippen LogP contribution is -2.54. The number of nitrogens with zero attached hydrogens (tertiary/aromatic N) is 6. The second-order valence-corrected chi connectivity index (χ2v) is 8.58. The minimum Gasteiger partial charge on any atom is -0.357 e. The first kappa shape index (κ1) is 23.6. The Balaban J connectivity index is 1.58. The predicted octanol–water partition coefficient (Wildman–Crippen LogP) is 1.64. The molecule has 0 aromatic carbocycles. The summed E-state index contributed by atoms with van der Waals surface area (Å²) < 4.78 is 2.01. The zero-order valence-electron chi connectivity index (χ0n) is 20.0. The summed E-state index contributed by atoms with van der Waals surface area (Å²) in [5, 5.41) is 8.15. The van der Waals surface area contributed by atoms with Crippen LogP contribution < -0.4 is 5.32 Å². The fourth-order valence-corrected chi connectivity index (χ4v) is 4.70. The van der Waals surface area contributed by atoms with Crippen LogP contribution in [0.2, 0.25) is 0 Å². The van der Waals surface area contributed by atoms with Crippen LogP contribution in [-0.4, -0.2) is 88.7 Å². The van der Waals surface area contributed by atoms with Crippen LogP contribution >= 0.6 is 0 Å². The van der Waals surface area contributed by atoms with Crippen LogP contribution in [0, 0.1) is 0 Å². The number of nitrogens with one attached hydrogen (secondary N) is 1. The van der Waals surface area contributed by atoms with Gasteiger partial charge >= 0.3 is 0 Å². The summed E-state index contributed by atoms with van der Waals surface area (Å²) in [6.07, 6.45) is 5.46. The minimum atomic E-state index is 0.296.